The van der Waals surface area contributed by atoms with Crippen molar-refractivity contribution in [3.05, 3.63) is 60.4 Å². The molecule has 0 saturated carbocycles. The standard InChI is InChI=1S/C28H28N10O2/c1-16(39)23-25(31)38-26(21(12-34-38)18-7-10-22(32-11-18)17-5-3-2-4-6-17)35-27(23)37-19-8-9-20(37)14-36(13-19)28(40)24(30)33-15-29/h2-7,10-12,15,19-20H,8-9,13-14,31H2,1H3,(H3,29,30,33). The summed E-state index contributed by atoms with van der Waals surface area (Å²) < 4.78 is 1.50. The van der Waals surface area contributed by atoms with Crippen LogP contribution < -0.4 is 16.4 Å². The molecule has 2 aliphatic rings. The zero-order chi connectivity index (χ0) is 28.0. The number of aliphatic imine (C=N–C) groups is 1. The molecular weight excluding hydrogens is 508 g/mol. The van der Waals surface area contributed by atoms with Crippen molar-refractivity contribution in [2.45, 2.75) is 31.8 Å². The van der Waals surface area contributed by atoms with Crippen molar-refractivity contribution >= 4 is 41.1 Å². The number of nitrogens with one attached hydrogen (secondary N) is 1. The summed E-state index contributed by atoms with van der Waals surface area (Å²) in [5, 5.41) is 11.6. The van der Waals surface area contributed by atoms with E-state index in [1.165, 1.54) is 11.4 Å². The Labute approximate surface area is 229 Å². The van der Waals surface area contributed by atoms with Gasteiger partial charge in [0.15, 0.2) is 17.3 Å². The summed E-state index contributed by atoms with van der Waals surface area (Å²) in [5.74, 6) is -0.124. The second-order valence-electron chi connectivity index (χ2n) is 9.99. The molecule has 2 unspecified atom stereocenters. The Hall–Kier alpha value is -5.13. The molecule has 1 amide bonds. The monoisotopic (exact) mass is 536 g/mol. The van der Waals surface area contributed by atoms with Crippen molar-refractivity contribution in [3.8, 4) is 22.4 Å². The Morgan fingerprint density at radius 2 is 1.77 bits per heavy atom. The maximum atomic E-state index is 12.9. The predicted octanol–water partition coefficient (Wildman–Crippen LogP) is 2.39. The number of nitrogens with zero attached hydrogens (tertiary/aromatic N) is 7. The Morgan fingerprint density at radius 3 is 2.40 bits per heavy atom. The van der Waals surface area contributed by atoms with Crippen LogP contribution in [0.3, 0.4) is 0 Å². The molecule has 0 spiro atoms. The highest BCUT2D eigenvalue weighted by molar-refractivity contribution is 6.38. The largest absolute Gasteiger partial charge is 0.383 e. The Bertz CT molecular complexity index is 1650. The number of ketones is 1. The second kappa shape index (κ2) is 9.88. The molecule has 2 fully saturated rings. The molecule has 2 atom stereocenters. The van der Waals surface area contributed by atoms with Crippen molar-refractivity contribution in [2.75, 3.05) is 23.7 Å². The number of rotatable bonds is 5. The third kappa shape index (κ3) is 4.13. The van der Waals surface area contributed by atoms with E-state index in [1.54, 1.807) is 17.3 Å². The summed E-state index contributed by atoms with van der Waals surface area (Å²) in [6, 6.07) is 13.7. The molecule has 0 aliphatic carbocycles. The first-order valence-electron chi connectivity index (χ1n) is 13.0. The molecule has 12 heteroatoms. The number of anilines is 2. The minimum atomic E-state index is -0.403. The fourth-order valence-corrected chi connectivity index (χ4v) is 5.77. The zero-order valence-corrected chi connectivity index (χ0v) is 21.9. The number of pyridine rings is 1. The molecule has 40 heavy (non-hydrogen) atoms. The smallest absolute Gasteiger partial charge is 0.289 e. The minimum Gasteiger partial charge on any atom is -0.383 e. The average Bonchev–Trinajstić information content (AvgIpc) is 3.50. The topological polar surface area (TPSA) is 172 Å². The van der Waals surface area contributed by atoms with Crippen LogP contribution in [0.2, 0.25) is 0 Å². The summed E-state index contributed by atoms with van der Waals surface area (Å²) in [7, 11) is 0. The number of carbonyl (C=O) groups is 2. The number of benzene rings is 1. The number of nitrogens with two attached hydrogens (primary N) is 2. The van der Waals surface area contributed by atoms with Crippen LogP contribution in [0.4, 0.5) is 11.6 Å². The molecule has 6 rings (SSSR count). The second-order valence-corrected chi connectivity index (χ2v) is 9.99. The van der Waals surface area contributed by atoms with Crippen molar-refractivity contribution in [2.24, 2.45) is 10.7 Å². The van der Waals surface area contributed by atoms with Gasteiger partial charge in [-0.2, -0.15) is 9.61 Å². The molecule has 12 nitrogen and oxygen atoms in total. The summed E-state index contributed by atoms with van der Waals surface area (Å²) in [6.45, 7) is 2.25. The normalized spacial score (nSPS) is 18.8. The van der Waals surface area contributed by atoms with E-state index in [0.717, 1.165) is 41.6 Å². The van der Waals surface area contributed by atoms with E-state index >= 15 is 0 Å². The van der Waals surface area contributed by atoms with Crippen LogP contribution in [-0.4, -0.2) is 73.5 Å². The SMILES string of the molecule is CC(=O)c1c(N2C3CCC2CN(C(=O)C(N)=NC=N)C3)nc2c(-c3ccc(-c4ccccc4)nc3)cnn2c1N. The van der Waals surface area contributed by atoms with E-state index < -0.39 is 5.91 Å². The van der Waals surface area contributed by atoms with Crippen LogP contribution in [0.25, 0.3) is 28.0 Å². The lowest BCUT2D eigenvalue weighted by Gasteiger charge is -2.42. The van der Waals surface area contributed by atoms with Gasteiger partial charge in [0.05, 0.1) is 11.9 Å². The molecule has 4 aromatic rings. The third-order valence-corrected chi connectivity index (χ3v) is 7.60. The van der Waals surface area contributed by atoms with E-state index in [0.29, 0.717) is 30.1 Å². The summed E-state index contributed by atoms with van der Waals surface area (Å²) in [5.41, 5.74) is 16.6. The van der Waals surface area contributed by atoms with Crippen molar-refractivity contribution in [1.29, 1.82) is 5.41 Å². The van der Waals surface area contributed by atoms with E-state index in [2.05, 4.69) is 20.0 Å². The minimum absolute atomic E-state index is 0.0823. The number of nitrogen functional groups attached to an aromatic ring is 1. The van der Waals surface area contributed by atoms with Gasteiger partial charge in [0, 0.05) is 48.1 Å². The number of amides is 1. The first-order valence-corrected chi connectivity index (χ1v) is 13.0. The summed E-state index contributed by atoms with van der Waals surface area (Å²) in [6.07, 6.45) is 5.85. The van der Waals surface area contributed by atoms with Crippen LogP contribution in [0, 0.1) is 5.41 Å². The van der Waals surface area contributed by atoms with Gasteiger partial charge in [-0.05, 0) is 25.8 Å². The first-order chi connectivity index (χ1) is 19.4. The highest BCUT2D eigenvalue weighted by Gasteiger charge is 2.44. The van der Waals surface area contributed by atoms with Gasteiger partial charge in [0.25, 0.3) is 5.91 Å². The summed E-state index contributed by atoms with van der Waals surface area (Å²) >= 11 is 0. The number of hydrogen-bond acceptors (Lipinski definition) is 8. The van der Waals surface area contributed by atoms with E-state index in [-0.39, 0.29) is 29.5 Å². The zero-order valence-electron chi connectivity index (χ0n) is 21.9. The molecule has 2 bridgehead atoms. The van der Waals surface area contributed by atoms with Crippen LogP contribution in [0.1, 0.15) is 30.1 Å². The van der Waals surface area contributed by atoms with Gasteiger partial charge >= 0.3 is 0 Å². The Balaban J connectivity index is 1.40. The fourth-order valence-electron chi connectivity index (χ4n) is 5.77. The van der Waals surface area contributed by atoms with Crippen molar-refractivity contribution in [3.63, 3.8) is 0 Å². The Morgan fingerprint density at radius 1 is 1.05 bits per heavy atom. The number of likely N-dealkylation sites (tertiary alicyclic amines) is 1. The molecular formula is C28H28N10O2. The predicted molar refractivity (Wildman–Crippen MR) is 152 cm³/mol. The van der Waals surface area contributed by atoms with Gasteiger partial charge in [-0.1, -0.05) is 36.4 Å². The van der Waals surface area contributed by atoms with Gasteiger partial charge in [-0.3, -0.25) is 20.0 Å². The number of aromatic nitrogens is 4. The average molecular weight is 537 g/mol. The molecule has 0 radical (unpaired) electrons. The van der Waals surface area contributed by atoms with E-state index in [9.17, 15) is 9.59 Å². The van der Waals surface area contributed by atoms with Crippen LogP contribution in [0.15, 0.2) is 59.9 Å². The molecule has 1 aromatic carbocycles. The van der Waals surface area contributed by atoms with Crippen LogP contribution >= 0.6 is 0 Å². The van der Waals surface area contributed by atoms with Crippen molar-refractivity contribution in [1.82, 2.24) is 24.5 Å². The molecule has 2 saturated heterocycles. The van der Waals surface area contributed by atoms with Gasteiger partial charge in [0.1, 0.15) is 23.5 Å². The molecule has 202 valence electrons. The number of hydrogen-bond donors (Lipinski definition) is 3. The molecule has 5 heterocycles. The third-order valence-electron chi connectivity index (χ3n) is 7.60. The van der Waals surface area contributed by atoms with E-state index in [1.807, 2.05) is 42.5 Å². The molecule has 3 aromatic heterocycles. The van der Waals surface area contributed by atoms with Gasteiger partial charge in [-0.25, -0.2) is 9.98 Å². The highest BCUT2D eigenvalue weighted by atomic mass is 16.2. The number of piperazine rings is 1. The quantitative estimate of drug-likeness (QED) is 0.198. The maximum Gasteiger partial charge on any atom is 0.289 e. The van der Waals surface area contributed by atoms with Gasteiger partial charge < -0.3 is 21.3 Å². The highest BCUT2D eigenvalue weighted by Crippen LogP contribution is 2.39. The lowest BCUT2D eigenvalue weighted by atomic mass is 10.1. The number of amidine groups is 1. The van der Waals surface area contributed by atoms with Crippen LogP contribution in [0.5, 0.6) is 0 Å². The molecule has 5 N–H and O–H groups in total. The fraction of sp³-hybridized carbons (Fsp3) is 0.250. The molecule has 2 aliphatic heterocycles. The lowest BCUT2D eigenvalue weighted by Crippen LogP contribution is -2.58. The number of carbonyl (C=O) groups excluding carboxylic acids is 2. The van der Waals surface area contributed by atoms with E-state index in [4.69, 9.17) is 21.9 Å². The number of fused-ring (bicyclic) bond motifs is 3. The first kappa shape index (κ1) is 25.2. The van der Waals surface area contributed by atoms with Crippen molar-refractivity contribution < 1.29 is 9.59 Å². The lowest BCUT2D eigenvalue weighted by molar-refractivity contribution is -0.125. The number of Topliss-reactive ketones (excluding diaryl/α,β-unsaturated/α-hetero) is 1. The van der Waals surface area contributed by atoms with Gasteiger partial charge in [-0.15, -0.1) is 0 Å². The van der Waals surface area contributed by atoms with Gasteiger partial charge in [0.2, 0.25) is 0 Å². The van der Waals surface area contributed by atoms with Crippen LogP contribution in [-0.2, 0) is 4.79 Å². The Kier molecular flexibility index (Phi) is 6.21. The maximum absolute atomic E-state index is 12.9. The summed E-state index contributed by atoms with van der Waals surface area (Å²) in [4.78, 5) is 42.7.